The summed E-state index contributed by atoms with van der Waals surface area (Å²) in [6, 6.07) is 0. The zero-order valence-electron chi connectivity index (χ0n) is 7.67. The van der Waals surface area contributed by atoms with E-state index in [1.165, 1.54) is 51.2 Å². The Balaban J connectivity index is 1.93. The van der Waals surface area contributed by atoms with Gasteiger partial charge in [0.05, 0.1) is 0 Å². The van der Waals surface area contributed by atoms with Crippen LogP contribution in [0.15, 0.2) is 0 Å². The van der Waals surface area contributed by atoms with Gasteiger partial charge in [-0.25, -0.2) is 0 Å². The first-order valence-corrected chi connectivity index (χ1v) is 5.35. The van der Waals surface area contributed by atoms with Crippen molar-refractivity contribution in [1.29, 1.82) is 0 Å². The van der Waals surface area contributed by atoms with Crippen LogP contribution in [-0.4, -0.2) is 6.29 Å². The van der Waals surface area contributed by atoms with Crippen LogP contribution in [-0.2, 0) is 4.79 Å². The van der Waals surface area contributed by atoms with E-state index in [4.69, 9.17) is 0 Å². The summed E-state index contributed by atoms with van der Waals surface area (Å²) in [6.07, 6.45) is 10.6. The topological polar surface area (TPSA) is 17.1 Å². The molecule has 0 spiro atoms. The van der Waals surface area contributed by atoms with Crippen molar-refractivity contribution in [2.75, 3.05) is 0 Å². The van der Waals surface area contributed by atoms with Gasteiger partial charge in [0.25, 0.3) is 0 Å². The fraction of sp³-hybridized carbons (Fsp3) is 0.909. The maximum Gasteiger partial charge on any atom is 0.123 e. The van der Waals surface area contributed by atoms with Crippen molar-refractivity contribution in [2.24, 2.45) is 17.8 Å². The molecule has 2 saturated carbocycles. The van der Waals surface area contributed by atoms with Gasteiger partial charge in [-0.05, 0) is 31.1 Å². The minimum atomic E-state index is 0.407. The molecule has 0 aromatic heterocycles. The van der Waals surface area contributed by atoms with E-state index >= 15 is 0 Å². The van der Waals surface area contributed by atoms with E-state index < -0.39 is 0 Å². The fourth-order valence-corrected chi connectivity index (χ4v) is 3.03. The number of hydrogen-bond donors (Lipinski definition) is 0. The molecule has 12 heavy (non-hydrogen) atoms. The van der Waals surface area contributed by atoms with Gasteiger partial charge < -0.3 is 4.79 Å². The average molecular weight is 166 g/mol. The van der Waals surface area contributed by atoms with Crippen molar-refractivity contribution < 1.29 is 4.79 Å². The Bertz CT molecular complexity index is 164. The summed E-state index contributed by atoms with van der Waals surface area (Å²) in [5.74, 6) is 2.29. The van der Waals surface area contributed by atoms with E-state index in [1.807, 2.05) is 0 Å². The van der Waals surface area contributed by atoms with Crippen LogP contribution in [0.1, 0.15) is 44.9 Å². The third-order valence-electron chi connectivity index (χ3n) is 3.77. The smallest absolute Gasteiger partial charge is 0.123 e. The third kappa shape index (κ3) is 1.55. The number of rotatable bonds is 1. The van der Waals surface area contributed by atoms with Crippen LogP contribution in [0.4, 0.5) is 0 Å². The van der Waals surface area contributed by atoms with E-state index in [9.17, 15) is 4.79 Å². The first-order chi connectivity index (χ1) is 5.90. The lowest BCUT2D eigenvalue weighted by atomic mass is 9.68. The van der Waals surface area contributed by atoms with Crippen LogP contribution in [0.3, 0.4) is 0 Å². The second kappa shape index (κ2) is 3.59. The minimum absolute atomic E-state index is 0.407. The summed E-state index contributed by atoms with van der Waals surface area (Å²) >= 11 is 0. The summed E-state index contributed by atoms with van der Waals surface area (Å²) in [5.41, 5.74) is 0. The number of fused-ring (bicyclic) bond motifs is 1. The second-order valence-corrected chi connectivity index (χ2v) is 4.51. The predicted octanol–water partition coefficient (Wildman–Crippen LogP) is 2.79. The molecule has 0 heterocycles. The van der Waals surface area contributed by atoms with Gasteiger partial charge in [-0.2, -0.15) is 0 Å². The normalized spacial score (nSPS) is 41.8. The molecule has 1 nitrogen and oxygen atoms in total. The molecule has 0 saturated heterocycles. The Morgan fingerprint density at radius 1 is 0.917 bits per heavy atom. The number of aldehydes is 1. The van der Waals surface area contributed by atoms with E-state index in [2.05, 4.69) is 0 Å². The highest BCUT2D eigenvalue weighted by molar-refractivity contribution is 5.53. The Labute approximate surface area is 74.5 Å². The summed E-state index contributed by atoms with van der Waals surface area (Å²) in [6.45, 7) is 0. The number of carbonyl (C=O) groups is 1. The van der Waals surface area contributed by atoms with Crippen LogP contribution in [0.2, 0.25) is 0 Å². The molecular weight excluding hydrogens is 148 g/mol. The molecule has 2 aliphatic carbocycles. The van der Waals surface area contributed by atoms with Gasteiger partial charge in [-0.1, -0.05) is 25.7 Å². The lowest BCUT2D eigenvalue weighted by Gasteiger charge is -2.37. The third-order valence-corrected chi connectivity index (χ3v) is 3.77. The van der Waals surface area contributed by atoms with Crippen molar-refractivity contribution in [3.05, 3.63) is 0 Å². The Kier molecular flexibility index (Phi) is 2.48. The predicted molar refractivity (Wildman–Crippen MR) is 48.9 cm³/mol. The molecule has 2 fully saturated rings. The average Bonchev–Trinajstić information content (AvgIpc) is 2.17. The molecule has 0 N–H and O–H groups in total. The second-order valence-electron chi connectivity index (χ2n) is 4.51. The van der Waals surface area contributed by atoms with Crippen molar-refractivity contribution >= 4 is 6.29 Å². The van der Waals surface area contributed by atoms with Crippen molar-refractivity contribution in [3.63, 3.8) is 0 Å². The number of hydrogen-bond acceptors (Lipinski definition) is 1. The molecule has 3 unspecified atom stereocenters. The molecule has 68 valence electrons. The fourth-order valence-electron chi connectivity index (χ4n) is 3.03. The standard InChI is InChI=1S/C11H18O/c12-8-9-5-6-10-3-1-2-4-11(10)7-9/h8-11H,1-7H2. The van der Waals surface area contributed by atoms with E-state index in [1.54, 1.807) is 0 Å². The van der Waals surface area contributed by atoms with Gasteiger partial charge in [0, 0.05) is 5.92 Å². The molecule has 1 heteroatoms. The van der Waals surface area contributed by atoms with E-state index in [-0.39, 0.29) is 0 Å². The molecule has 2 rings (SSSR count). The van der Waals surface area contributed by atoms with E-state index in [0.717, 1.165) is 11.8 Å². The minimum Gasteiger partial charge on any atom is -0.303 e. The summed E-state index contributed by atoms with van der Waals surface area (Å²) in [7, 11) is 0. The van der Waals surface area contributed by atoms with Crippen LogP contribution in [0.25, 0.3) is 0 Å². The molecule has 3 atom stereocenters. The van der Waals surface area contributed by atoms with Gasteiger partial charge in [0.15, 0.2) is 0 Å². The van der Waals surface area contributed by atoms with E-state index in [0.29, 0.717) is 5.92 Å². The highest BCUT2D eigenvalue weighted by atomic mass is 16.1. The van der Waals surface area contributed by atoms with Crippen LogP contribution in [0, 0.1) is 17.8 Å². The monoisotopic (exact) mass is 166 g/mol. The Morgan fingerprint density at radius 3 is 2.42 bits per heavy atom. The van der Waals surface area contributed by atoms with Crippen molar-refractivity contribution in [3.8, 4) is 0 Å². The quantitative estimate of drug-likeness (QED) is 0.547. The number of carbonyl (C=O) groups excluding carboxylic acids is 1. The van der Waals surface area contributed by atoms with Crippen LogP contribution in [0.5, 0.6) is 0 Å². The van der Waals surface area contributed by atoms with Gasteiger partial charge in [-0.3, -0.25) is 0 Å². The zero-order chi connectivity index (χ0) is 8.39. The van der Waals surface area contributed by atoms with Gasteiger partial charge in [0.1, 0.15) is 6.29 Å². The summed E-state index contributed by atoms with van der Waals surface area (Å²) in [4.78, 5) is 10.6. The molecule has 0 bridgehead atoms. The van der Waals surface area contributed by atoms with Crippen LogP contribution < -0.4 is 0 Å². The SMILES string of the molecule is O=CC1CCC2CCCCC2C1. The lowest BCUT2D eigenvalue weighted by Crippen LogP contribution is -2.28. The highest BCUT2D eigenvalue weighted by Gasteiger charge is 2.31. The van der Waals surface area contributed by atoms with Crippen molar-refractivity contribution in [1.82, 2.24) is 0 Å². The Morgan fingerprint density at radius 2 is 1.67 bits per heavy atom. The van der Waals surface area contributed by atoms with Crippen LogP contribution >= 0.6 is 0 Å². The van der Waals surface area contributed by atoms with Gasteiger partial charge in [-0.15, -0.1) is 0 Å². The summed E-state index contributed by atoms with van der Waals surface area (Å²) in [5, 5.41) is 0. The van der Waals surface area contributed by atoms with Crippen molar-refractivity contribution in [2.45, 2.75) is 44.9 Å². The molecule has 2 aliphatic rings. The molecule has 0 aromatic rings. The maximum atomic E-state index is 10.6. The largest absolute Gasteiger partial charge is 0.303 e. The highest BCUT2D eigenvalue weighted by Crippen LogP contribution is 2.41. The zero-order valence-corrected chi connectivity index (χ0v) is 7.67. The van der Waals surface area contributed by atoms with Gasteiger partial charge >= 0.3 is 0 Å². The molecule has 0 radical (unpaired) electrons. The molecular formula is C11H18O. The lowest BCUT2D eigenvalue weighted by molar-refractivity contribution is -0.113. The Hall–Kier alpha value is -0.330. The first kappa shape index (κ1) is 8.28. The first-order valence-electron chi connectivity index (χ1n) is 5.35. The van der Waals surface area contributed by atoms with Gasteiger partial charge in [0.2, 0.25) is 0 Å². The summed E-state index contributed by atoms with van der Waals surface area (Å²) < 4.78 is 0. The molecule has 0 aliphatic heterocycles. The maximum absolute atomic E-state index is 10.6. The molecule has 0 amide bonds. The molecule has 0 aromatic carbocycles.